The van der Waals surface area contributed by atoms with Gasteiger partial charge in [0, 0.05) is 29.3 Å². The van der Waals surface area contributed by atoms with E-state index < -0.39 is 0 Å². The standard InChI is InChI=1S/C16H15N3O2S2/c20-14(8-13-2-1-6-23-13)19-5-3-11(9-19)15-17-16(21-18-15)12-4-7-22-10-12/h1-2,4,6-7,10-11H,3,5,8-9H2/t11-/m1/s1. The van der Waals surface area contributed by atoms with E-state index in [0.29, 0.717) is 24.7 Å². The third-order valence-electron chi connectivity index (χ3n) is 4.02. The van der Waals surface area contributed by atoms with Crippen molar-refractivity contribution in [1.29, 1.82) is 0 Å². The van der Waals surface area contributed by atoms with E-state index in [0.717, 1.165) is 23.4 Å². The zero-order chi connectivity index (χ0) is 15.6. The van der Waals surface area contributed by atoms with Crippen LogP contribution in [0.25, 0.3) is 11.5 Å². The van der Waals surface area contributed by atoms with Crippen LogP contribution >= 0.6 is 22.7 Å². The first-order valence-corrected chi connectivity index (χ1v) is 9.28. The molecule has 0 aromatic carbocycles. The van der Waals surface area contributed by atoms with Crippen LogP contribution in [0.1, 0.15) is 23.0 Å². The summed E-state index contributed by atoms with van der Waals surface area (Å²) in [6.45, 7) is 1.43. The van der Waals surface area contributed by atoms with E-state index in [2.05, 4.69) is 10.1 Å². The molecule has 0 N–H and O–H groups in total. The predicted molar refractivity (Wildman–Crippen MR) is 89.6 cm³/mol. The van der Waals surface area contributed by atoms with Gasteiger partial charge in [0.1, 0.15) is 0 Å². The number of rotatable bonds is 4. The van der Waals surface area contributed by atoms with Gasteiger partial charge in [0.05, 0.1) is 12.0 Å². The highest BCUT2D eigenvalue weighted by molar-refractivity contribution is 7.10. The molecule has 3 aromatic rings. The largest absolute Gasteiger partial charge is 0.342 e. The van der Waals surface area contributed by atoms with Crippen LogP contribution in [-0.2, 0) is 11.2 Å². The molecule has 118 valence electrons. The molecule has 1 aliphatic rings. The van der Waals surface area contributed by atoms with Gasteiger partial charge in [0.2, 0.25) is 5.91 Å². The Kier molecular flexibility index (Phi) is 3.97. The molecule has 0 radical (unpaired) electrons. The predicted octanol–water partition coefficient (Wildman–Crippen LogP) is 3.42. The lowest BCUT2D eigenvalue weighted by molar-refractivity contribution is -0.129. The minimum Gasteiger partial charge on any atom is -0.342 e. The average molecular weight is 345 g/mol. The van der Waals surface area contributed by atoms with Crippen LogP contribution in [0.2, 0.25) is 0 Å². The van der Waals surface area contributed by atoms with Crippen molar-refractivity contribution in [3.63, 3.8) is 0 Å². The number of thiophene rings is 2. The highest BCUT2D eigenvalue weighted by Crippen LogP contribution is 2.28. The highest BCUT2D eigenvalue weighted by atomic mass is 32.1. The molecule has 1 amide bonds. The molecule has 1 atom stereocenters. The van der Waals surface area contributed by atoms with Gasteiger partial charge in [-0.25, -0.2) is 0 Å². The molecular formula is C16H15N3O2S2. The maximum absolute atomic E-state index is 12.4. The lowest BCUT2D eigenvalue weighted by Crippen LogP contribution is -2.29. The number of nitrogens with zero attached hydrogens (tertiary/aromatic N) is 3. The van der Waals surface area contributed by atoms with Crippen molar-refractivity contribution in [2.75, 3.05) is 13.1 Å². The number of hydrogen-bond donors (Lipinski definition) is 0. The molecule has 1 fully saturated rings. The Balaban J connectivity index is 1.41. The van der Waals surface area contributed by atoms with Crippen LogP contribution in [0, 0.1) is 0 Å². The number of likely N-dealkylation sites (tertiary alicyclic amines) is 1. The van der Waals surface area contributed by atoms with Gasteiger partial charge in [-0.3, -0.25) is 4.79 Å². The second kappa shape index (κ2) is 6.25. The van der Waals surface area contributed by atoms with Gasteiger partial charge in [-0.1, -0.05) is 11.2 Å². The molecule has 0 aliphatic carbocycles. The maximum Gasteiger partial charge on any atom is 0.258 e. The van der Waals surface area contributed by atoms with Gasteiger partial charge in [0.25, 0.3) is 5.89 Å². The van der Waals surface area contributed by atoms with E-state index in [-0.39, 0.29) is 11.8 Å². The van der Waals surface area contributed by atoms with Gasteiger partial charge in [0.15, 0.2) is 5.82 Å². The second-order valence-corrected chi connectivity index (χ2v) is 7.36. The van der Waals surface area contributed by atoms with E-state index >= 15 is 0 Å². The third-order valence-corrected chi connectivity index (χ3v) is 5.58. The summed E-state index contributed by atoms with van der Waals surface area (Å²) < 4.78 is 5.35. The van der Waals surface area contributed by atoms with Crippen LogP contribution in [0.4, 0.5) is 0 Å². The summed E-state index contributed by atoms with van der Waals surface area (Å²) in [6.07, 6.45) is 1.37. The van der Waals surface area contributed by atoms with Crippen LogP contribution in [0.15, 0.2) is 38.9 Å². The Morgan fingerprint density at radius 1 is 1.39 bits per heavy atom. The molecule has 23 heavy (non-hydrogen) atoms. The smallest absolute Gasteiger partial charge is 0.258 e. The Morgan fingerprint density at radius 3 is 3.13 bits per heavy atom. The first-order chi connectivity index (χ1) is 11.3. The van der Waals surface area contributed by atoms with E-state index in [1.807, 2.05) is 39.2 Å². The SMILES string of the molecule is O=C(Cc1cccs1)N1CC[C@@H](c2noc(-c3ccsc3)n2)C1. The first-order valence-electron chi connectivity index (χ1n) is 7.46. The Bertz CT molecular complexity index is 780. The van der Waals surface area contributed by atoms with Gasteiger partial charge in [-0.05, 0) is 29.3 Å². The fourth-order valence-corrected chi connectivity index (χ4v) is 4.10. The van der Waals surface area contributed by atoms with Gasteiger partial charge in [-0.2, -0.15) is 16.3 Å². The molecular weight excluding hydrogens is 330 g/mol. The molecule has 1 saturated heterocycles. The van der Waals surface area contributed by atoms with Crippen molar-refractivity contribution in [2.45, 2.75) is 18.8 Å². The number of carbonyl (C=O) groups excluding carboxylic acids is 1. The lowest BCUT2D eigenvalue weighted by atomic mass is 10.1. The summed E-state index contributed by atoms with van der Waals surface area (Å²) in [5.41, 5.74) is 0.956. The third kappa shape index (κ3) is 3.07. The van der Waals surface area contributed by atoms with Crippen LogP contribution in [0.5, 0.6) is 0 Å². The summed E-state index contributed by atoms with van der Waals surface area (Å²) in [6, 6.07) is 5.95. The molecule has 3 aromatic heterocycles. The Hall–Kier alpha value is -1.99. The zero-order valence-corrected chi connectivity index (χ0v) is 14.0. The fourth-order valence-electron chi connectivity index (χ4n) is 2.78. The summed E-state index contributed by atoms with van der Waals surface area (Å²) in [5.74, 6) is 1.61. The van der Waals surface area contributed by atoms with Crippen molar-refractivity contribution in [3.05, 3.63) is 45.0 Å². The number of amides is 1. The fraction of sp³-hybridized carbons (Fsp3) is 0.312. The summed E-state index contributed by atoms with van der Waals surface area (Å²) in [4.78, 5) is 19.9. The van der Waals surface area contributed by atoms with Crippen LogP contribution < -0.4 is 0 Å². The highest BCUT2D eigenvalue weighted by Gasteiger charge is 2.30. The molecule has 4 heterocycles. The van der Waals surface area contributed by atoms with Gasteiger partial charge in [-0.15, -0.1) is 11.3 Å². The van der Waals surface area contributed by atoms with Crippen molar-refractivity contribution >= 4 is 28.6 Å². The summed E-state index contributed by atoms with van der Waals surface area (Å²) in [5, 5.41) is 10.1. The van der Waals surface area contributed by atoms with Crippen molar-refractivity contribution in [2.24, 2.45) is 0 Å². The topological polar surface area (TPSA) is 59.2 Å². The molecule has 0 bridgehead atoms. The number of hydrogen-bond acceptors (Lipinski definition) is 6. The monoisotopic (exact) mass is 345 g/mol. The van der Waals surface area contributed by atoms with Crippen molar-refractivity contribution in [3.8, 4) is 11.5 Å². The molecule has 4 rings (SSSR count). The molecule has 0 unspecified atom stereocenters. The molecule has 0 spiro atoms. The van der Waals surface area contributed by atoms with Gasteiger partial charge < -0.3 is 9.42 Å². The first kappa shape index (κ1) is 14.6. The Morgan fingerprint density at radius 2 is 2.35 bits per heavy atom. The van der Waals surface area contributed by atoms with E-state index in [1.54, 1.807) is 22.7 Å². The lowest BCUT2D eigenvalue weighted by Gasteiger charge is -2.15. The van der Waals surface area contributed by atoms with Crippen LogP contribution in [-0.4, -0.2) is 34.0 Å². The molecule has 1 aliphatic heterocycles. The second-order valence-electron chi connectivity index (χ2n) is 5.55. The van der Waals surface area contributed by atoms with Gasteiger partial charge >= 0.3 is 0 Å². The quantitative estimate of drug-likeness (QED) is 0.727. The van der Waals surface area contributed by atoms with E-state index in [4.69, 9.17) is 4.52 Å². The average Bonchev–Trinajstić information content (AvgIpc) is 3.30. The van der Waals surface area contributed by atoms with Crippen LogP contribution in [0.3, 0.4) is 0 Å². The normalized spacial score (nSPS) is 17.7. The Labute approximate surface area is 141 Å². The van der Waals surface area contributed by atoms with Crippen molar-refractivity contribution in [1.82, 2.24) is 15.0 Å². The summed E-state index contributed by atoms with van der Waals surface area (Å²) >= 11 is 3.22. The number of carbonyl (C=O) groups is 1. The van der Waals surface area contributed by atoms with Crippen molar-refractivity contribution < 1.29 is 9.32 Å². The van der Waals surface area contributed by atoms with E-state index in [9.17, 15) is 4.79 Å². The molecule has 5 nitrogen and oxygen atoms in total. The molecule has 0 saturated carbocycles. The van der Waals surface area contributed by atoms with E-state index in [1.165, 1.54) is 0 Å². The number of aromatic nitrogens is 2. The summed E-state index contributed by atoms with van der Waals surface area (Å²) in [7, 11) is 0. The minimum atomic E-state index is 0.165. The zero-order valence-electron chi connectivity index (χ0n) is 12.3. The minimum absolute atomic E-state index is 0.165. The molecule has 7 heteroatoms. The maximum atomic E-state index is 12.4.